The van der Waals surface area contributed by atoms with Crippen molar-refractivity contribution in [2.75, 3.05) is 5.32 Å². The molecule has 0 aliphatic heterocycles. The smallest absolute Gasteiger partial charge is 0.141 e. The van der Waals surface area contributed by atoms with Gasteiger partial charge in [0.2, 0.25) is 0 Å². The lowest BCUT2D eigenvalue weighted by Crippen LogP contribution is -1.99. The molecule has 21 heavy (non-hydrogen) atoms. The minimum atomic E-state index is -0.401. The Morgan fingerprint density at radius 1 is 1.14 bits per heavy atom. The van der Waals surface area contributed by atoms with E-state index in [1.54, 1.807) is 18.3 Å². The van der Waals surface area contributed by atoms with Gasteiger partial charge in [-0.25, -0.2) is 4.39 Å². The fourth-order valence-electron chi connectivity index (χ4n) is 2.07. The number of anilines is 1. The highest BCUT2D eigenvalue weighted by atomic mass is 35.5. The van der Waals surface area contributed by atoms with Crippen LogP contribution in [0, 0.1) is 5.82 Å². The Hall–Kier alpha value is -2.33. The summed E-state index contributed by atoms with van der Waals surface area (Å²) in [5, 5.41) is 10.3. The zero-order valence-corrected chi connectivity index (χ0v) is 11.9. The quantitative estimate of drug-likeness (QED) is 0.746. The van der Waals surface area contributed by atoms with Crippen LogP contribution in [0.25, 0.3) is 11.3 Å². The van der Waals surface area contributed by atoms with Gasteiger partial charge in [0.25, 0.3) is 0 Å². The summed E-state index contributed by atoms with van der Waals surface area (Å²) in [6.45, 7) is 0.576. The van der Waals surface area contributed by atoms with Crippen LogP contribution < -0.4 is 5.32 Å². The van der Waals surface area contributed by atoms with Crippen molar-refractivity contribution in [2.45, 2.75) is 6.54 Å². The lowest BCUT2D eigenvalue weighted by atomic mass is 10.1. The van der Waals surface area contributed by atoms with Gasteiger partial charge >= 0.3 is 0 Å². The maximum Gasteiger partial charge on any atom is 0.141 e. The van der Waals surface area contributed by atoms with E-state index < -0.39 is 5.82 Å². The van der Waals surface area contributed by atoms with E-state index in [9.17, 15) is 4.39 Å². The number of aromatic nitrogens is 2. The van der Waals surface area contributed by atoms with Crippen LogP contribution in [-0.2, 0) is 6.54 Å². The molecule has 1 aromatic heterocycles. The predicted octanol–water partition coefficient (Wildman–Crippen LogP) is 4.48. The largest absolute Gasteiger partial charge is 0.381 e. The SMILES string of the molecule is Fc1ccc(CNc2cccc(-c3ccn[nH]3)c2)cc1Cl. The summed E-state index contributed by atoms with van der Waals surface area (Å²) in [4.78, 5) is 0. The molecule has 3 nitrogen and oxygen atoms in total. The molecule has 3 rings (SSSR count). The van der Waals surface area contributed by atoms with Crippen molar-refractivity contribution in [1.82, 2.24) is 10.2 Å². The molecule has 0 aliphatic carbocycles. The van der Waals surface area contributed by atoms with Gasteiger partial charge in [0.05, 0.1) is 10.7 Å². The van der Waals surface area contributed by atoms with Crippen molar-refractivity contribution in [2.24, 2.45) is 0 Å². The number of hydrogen-bond acceptors (Lipinski definition) is 2. The summed E-state index contributed by atoms with van der Waals surface area (Å²) in [5.74, 6) is -0.401. The first-order valence-electron chi connectivity index (χ1n) is 6.50. The van der Waals surface area contributed by atoms with Crippen LogP contribution in [0.2, 0.25) is 5.02 Å². The number of nitrogens with zero attached hydrogens (tertiary/aromatic N) is 1. The molecular weight excluding hydrogens is 289 g/mol. The molecular formula is C16H13ClFN3. The van der Waals surface area contributed by atoms with Crippen LogP contribution in [0.1, 0.15) is 5.56 Å². The molecule has 0 atom stereocenters. The Labute approximate surface area is 126 Å². The normalized spacial score (nSPS) is 10.6. The maximum atomic E-state index is 13.1. The molecule has 2 aromatic carbocycles. The lowest BCUT2D eigenvalue weighted by molar-refractivity contribution is 0.627. The topological polar surface area (TPSA) is 40.7 Å². The van der Waals surface area contributed by atoms with E-state index in [1.807, 2.05) is 30.3 Å². The lowest BCUT2D eigenvalue weighted by Gasteiger charge is -2.08. The third kappa shape index (κ3) is 3.23. The number of rotatable bonds is 4. The van der Waals surface area contributed by atoms with Crippen molar-refractivity contribution in [3.05, 3.63) is 71.1 Å². The van der Waals surface area contributed by atoms with Crippen molar-refractivity contribution in [1.29, 1.82) is 0 Å². The van der Waals surface area contributed by atoms with Crippen LogP contribution >= 0.6 is 11.6 Å². The van der Waals surface area contributed by atoms with Crippen LogP contribution in [0.15, 0.2) is 54.7 Å². The van der Waals surface area contributed by atoms with Gasteiger partial charge < -0.3 is 5.32 Å². The third-order valence-corrected chi connectivity index (χ3v) is 3.44. The summed E-state index contributed by atoms with van der Waals surface area (Å²) in [7, 11) is 0. The predicted molar refractivity (Wildman–Crippen MR) is 82.8 cm³/mol. The summed E-state index contributed by atoms with van der Waals surface area (Å²) in [5.41, 5.74) is 3.91. The van der Waals surface area contributed by atoms with Gasteiger partial charge in [-0.2, -0.15) is 5.10 Å². The molecule has 0 amide bonds. The second kappa shape index (κ2) is 5.97. The molecule has 2 N–H and O–H groups in total. The maximum absolute atomic E-state index is 13.1. The molecule has 0 bridgehead atoms. The van der Waals surface area contributed by atoms with E-state index >= 15 is 0 Å². The first-order chi connectivity index (χ1) is 10.2. The van der Waals surface area contributed by atoms with Crippen LogP contribution in [0.5, 0.6) is 0 Å². The number of benzene rings is 2. The van der Waals surface area contributed by atoms with Gasteiger partial charge in [0.15, 0.2) is 0 Å². The average Bonchev–Trinajstić information content (AvgIpc) is 3.03. The number of halogens is 2. The van der Waals surface area contributed by atoms with Crippen LogP contribution in [0.3, 0.4) is 0 Å². The highest BCUT2D eigenvalue weighted by molar-refractivity contribution is 6.30. The molecule has 106 valence electrons. The highest BCUT2D eigenvalue weighted by Gasteiger charge is 2.02. The minimum Gasteiger partial charge on any atom is -0.381 e. The van der Waals surface area contributed by atoms with Crippen LogP contribution in [0.4, 0.5) is 10.1 Å². The van der Waals surface area contributed by atoms with Crippen molar-refractivity contribution >= 4 is 17.3 Å². The van der Waals surface area contributed by atoms with E-state index in [2.05, 4.69) is 15.5 Å². The highest BCUT2D eigenvalue weighted by Crippen LogP contribution is 2.21. The Bertz CT molecular complexity index is 741. The van der Waals surface area contributed by atoms with E-state index in [0.29, 0.717) is 6.54 Å². The molecule has 0 radical (unpaired) electrons. The van der Waals surface area contributed by atoms with E-state index in [0.717, 1.165) is 22.5 Å². The van der Waals surface area contributed by atoms with Gasteiger partial charge in [-0.15, -0.1) is 0 Å². The fraction of sp³-hybridized carbons (Fsp3) is 0.0625. The van der Waals surface area contributed by atoms with Gasteiger partial charge in [0, 0.05) is 24.0 Å². The minimum absolute atomic E-state index is 0.139. The van der Waals surface area contributed by atoms with Crippen molar-refractivity contribution in [3.63, 3.8) is 0 Å². The first-order valence-corrected chi connectivity index (χ1v) is 6.88. The zero-order chi connectivity index (χ0) is 14.7. The Morgan fingerprint density at radius 3 is 2.81 bits per heavy atom. The van der Waals surface area contributed by atoms with Gasteiger partial charge in [-0.05, 0) is 35.9 Å². The van der Waals surface area contributed by atoms with Crippen LogP contribution in [-0.4, -0.2) is 10.2 Å². The number of nitrogens with one attached hydrogen (secondary N) is 2. The van der Waals surface area contributed by atoms with Gasteiger partial charge in [-0.1, -0.05) is 29.8 Å². The molecule has 1 heterocycles. The number of hydrogen-bond donors (Lipinski definition) is 2. The van der Waals surface area contributed by atoms with Crippen molar-refractivity contribution in [3.8, 4) is 11.3 Å². The first kappa shape index (κ1) is 13.6. The Kier molecular flexibility index (Phi) is 3.88. The molecule has 0 saturated carbocycles. The second-order valence-corrected chi connectivity index (χ2v) is 5.06. The molecule has 3 aromatic rings. The van der Waals surface area contributed by atoms with E-state index in [1.165, 1.54) is 6.07 Å². The second-order valence-electron chi connectivity index (χ2n) is 4.65. The van der Waals surface area contributed by atoms with Crippen molar-refractivity contribution < 1.29 is 4.39 Å². The summed E-state index contributed by atoms with van der Waals surface area (Å²) in [6, 6.07) is 14.6. The molecule has 0 fully saturated rings. The third-order valence-electron chi connectivity index (χ3n) is 3.15. The zero-order valence-electron chi connectivity index (χ0n) is 11.1. The summed E-state index contributed by atoms with van der Waals surface area (Å²) in [6.07, 6.45) is 1.72. The summed E-state index contributed by atoms with van der Waals surface area (Å²) >= 11 is 5.77. The molecule has 0 unspecified atom stereocenters. The Morgan fingerprint density at radius 2 is 2.05 bits per heavy atom. The Balaban J connectivity index is 1.73. The molecule has 5 heteroatoms. The standard InChI is InChI=1S/C16H13ClFN3/c17-14-8-11(4-5-15(14)18)10-19-13-3-1-2-12(9-13)16-6-7-20-21-16/h1-9,19H,10H2,(H,20,21). The molecule has 0 aliphatic rings. The number of aromatic amines is 1. The molecule has 0 spiro atoms. The van der Waals surface area contributed by atoms with E-state index in [4.69, 9.17) is 11.6 Å². The van der Waals surface area contributed by atoms with E-state index in [-0.39, 0.29) is 5.02 Å². The molecule has 0 saturated heterocycles. The number of H-pyrrole nitrogens is 1. The fourth-order valence-corrected chi connectivity index (χ4v) is 2.27. The van der Waals surface area contributed by atoms with Gasteiger partial charge in [0.1, 0.15) is 5.82 Å². The van der Waals surface area contributed by atoms with Gasteiger partial charge in [-0.3, -0.25) is 5.10 Å². The monoisotopic (exact) mass is 301 g/mol. The summed E-state index contributed by atoms with van der Waals surface area (Å²) < 4.78 is 13.1. The average molecular weight is 302 g/mol.